The number of carbonyl (C=O) groups excluding carboxylic acids is 1. The summed E-state index contributed by atoms with van der Waals surface area (Å²) in [5, 5.41) is 9.55. The molecule has 2 heterocycles. The lowest BCUT2D eigenvalue weighted by Gasteiger charge is -2.11. The first kappa shape index (κ1) is 15.4. The van der Waals surface area contributed by atoms with Crippen LogP contribution in [0.4, 0.5) is 5.69 Å². The molecule has 0 fully saturated rings. The van der Waals surface area contributed by atoms with E-state index in [2.05, 4.69) is 33.5 Å². The monoisotopic (exact) mass is 334 g/mol. The number of hydrogen-bond donors (Lipinski definition) is 2. The zero-order chi connectivity index (χ0) is 17.4. The van der Waals surface area contributed by atoms with E-state index in [-0.39, 0.29) is 5.91 Å². The topological polar surface area (TPSA) is 79.9 Å². The normalized spacial score (nSPS) is 15.5. The second-order valence-electron chi connectivity index (χ2n) is 6.26. The maximum Gasteiger partial charge on any atom is 0.265 e. The molecular weight excluding hydrogens is 316 g/mol. The van der Waals surface area contributed by atoms with E-state index >= 15 is 0 Å². The molecule has 0 radical (unpaired) electrons. The summed E-state index contributed by atoms with van der Waals surface area (Å²) in [7, 11) is 0. The number of benzene rings is 2. The molecule has 3 aromatic rings. The molecule has 4 rings (SSSR count). The van der Waals surface area contributed by atoms with Crippen molar-refractivity contribution in [3.63, 3.8) is 0 Å². The van der Waals surface area contributed by atoms with Gasteiger partial charge in [-0.2, -0.15) is 5.10 Å². The van der Waals surface area contributed by atoms with Crippen LogP contribution in [0.3, 0.4) is 0 Å². The summed E-state index contributed by atoms with van der Waals surface area (Å²) in [5.41, 5.74) is 5.10. The lowest BCUT2D eigenvalue weighted by Crippen LogP contribution is -2.31. The van der Waals surface area contributed by atoms with Gasteiger partial charge in [-0.25, -0.2) is 4.98 Å². The number of anilines is 1. The number of hydrogen-bond acceptors (Lipinski definition) is 4. The van der Waals surface area contributed by atoms with Gasteiger partial charge in [0.25, 0.3) is 5.91 Å². The molecule has 0 aliphatic carbocycles. The smallest absolute Gasteiger partial charge is 0.265 e. The molecule has 1 atom stereocenters. The third-order valence-corrected chi connectivity index (χ3v) is 4.48. The van der Waals surface area contributed by atoms with Crippen molar-refractivity contribution in [3.8, 4) is 17.1 Å². The summed E-state index contributed by atoms with van der Waals surface area (Å²) in [6.45, 7) is 4.11. The Bertz CT molecular complexity index is 886. The Morgan fingerprint density at radius 3 is 2.68 bits per heavy atom. The van der Waals surface area contributed by atoms with Crippen molar-refractivity contribution in [3.05, 3.63) is 59.4 Å². The highest BCUT2D eigenvalue weighted by molar-refractivity contribution is 5.95. The largest absolute Gasteiger partial charge is 0.480 e. The van der Waals surface area contributed by atoms with Gasteiger partial charge < -0.3 is 10.1 Å². The van der Waals surface area contributed by atoms with Gasteiger partial charge in [0, 0.05) is 17.7 Å². The molecule has 6 nitrogen and oxygen atoms in total. The minimum absolute atomic E-state index is 0.140. The molecule has 0 saturated carbocycles. The van der Waals surface area contributed by atoms with E-state index in [1.165, 1.54) is 17.5 Å². The highest BCUT2D eigenvalue weighted by Gasteiger charge is 2.29. The number of rotatable bonds is 3. The summed E-state index contributed by atoms with van der Waals surface area (Å²) < 4.78 is 5.82. The Hall–Kier alpha value is -3.15. The maximum absolute atomic E-state index is 12.5. The van der Waals surface area contributed by atoms with Crippen LogP contribution in [0.1, 0.15) is 16.7 Å². The summed E-state index contributed by atoms with van der Waals surface area (Å²) in [5.74, 6) is 1.36. The van der Waals surface area contributed by atoms with Crippen LogP contribution in [0.5, 0.6) is 5.75 Å². The number of amides is 1. The minimum Gasteiger partial charge on any atom is -0.480 e. The Balaban J connectivity index is 1.44. The van der Waals surface area contributed by atoms with Gasteiger partial charge in [0.1, 0.15) is 12.1 Å². The van der Waals surface area contributed by atoms with Gasteiger partial charge >= 0.3 is 0 Å². The van der Waals surface area contributed by atoms with Crippen molar-refractivity contribution in [2.45, 2.75) is 26.4 Å². The van der Waals surface area contributed by atoms with Crippen molar-refractivity contribution >= 4 is 11.6 Å². The number of aryl methyl sites for hydroxylation is 2. The highest BCUT2D eigenvalue weighted by atomic mass is 16.5. The maximum atomic E-state index is 12.5. The number of aromatic nitrogens is 3. The van der Waals surface area contributed by atoms with Crippen LogP contribution in [-0.4, -0.2) is 27.2 Å². The molecule has 0 unspecified atom stereocenters. The third kappa shape index (κ3) is 2.98. The molecule has 1 aliphatic rings. The Morgan fingerprint density at radius 2 is 1.96 bits per heavy atom. The number of H-pyrrole nitrogens is 1. The number of ether oxygens (including phenoxy) is 1. The van der Waals surface area contributed by atoms with E-state index in [4.69, 9.17) is 4.74 Å². The molecular formula is C19H18N4O2. The molecule has 1 aromatic heterocycles. The number of carbonyl (C=O) groups is 1. The quantitative estimate of drug-likeness (QED) is 0.771. The molecule has 2 aromatic carbocycles. The summed E-state index contributed by atoms with van der Waals surface area (Å²) >= 11 is 0. The fourth-order valence-electron chi connectivity index (χ4n) is 2.94. The van der Waals surface area contributed by atoms with Crippen LogP contribution >= 0.6 is 0 Å². The first-order chi connectivity index (χ1) is 12.1. The first-order valence-electron chi connectivity index (χ1n) is 8.13. The van der Waals surface area contributed by atoms with E-state index < -0.39 is 6.10 Å². The second kappa shape index (κ2) is 6.05. The van der Waals surface area contributed by atoms with Gasteiger partial charge in [0.15, 0.2) is 11.9 Å². The van der Waals surface area contributed by atoms with Gasteiger partial charge in [-0.3, -0.25) is 9.89 Å². The molecule has 2 N–H and O–H groups in total. The second-order valence-corrected chi connectivity index (χ2v) is 6.26. The van der Waals surface area contributed by atoms with Crippen molar-refractivity contribution in [1.82, 2.24) is 15.2 Å². The molecule has 0 bridgehead atoms. The van der Waals surface area contributed by atoms with E-state index in [1.54, 1.807) is 0 Å². The lowest BCUT2D eigenvalue weighted by molar-refractivity contribution is -0.122. The molecule has 0 saturated heterocycles. The number of nitrogens with zero attached hydrogens (tertiary/aromatic N) is 2. The Labute approximate surface area is 145 Å². The van der Waals surface area contributed by atoms with Crippen LogP contribution in [-0.2, 0) is 11.2 Å². The summed E-state index contributed by atoms with van der Waals surface area (Å²) in [4.78, 5) is 16.6. The van der Waals surface area contributed by atoms with Crippen LogP contribution < -0.4 is 10.1 Å². The van der Waals surface area contributed by atoms with Crippen LogP contribution in [0.2, 0.25) is 0 Å². The third-order valence-electron chi connectivity index (χ3n) is 4.48. The molecule has 0 spiro atoms. The van der Waals surface area contributed by atoms with Gasteiger partial charge in [-0.05, 0) is 60.9 Å². The zero-order valence-corrected chi connectivity index (χ0v) is 14.0. The van der Waals surface area contributed by atoms with Gasteiger partial charge in [-0.1, -0.05) is 6.07 Å². The predicted octanol–water partition coefficient (Wildman–Crippen LogP) is 3.03. The van der Waals surface area contributed by atoms with E-state index in [0.717, 1.165) is 22.6 Å². The number of nitrogens with one attached hydrogen (secondary N) is 2. The molecule has 25 heavy (non-hydrogen) atoms. The average Bonchev–Trinajstić information content (AvgIpc) is 3.26. The standard InChI is InChI=1S/C19H18N4O2/c1-11-7-14-9-17(25-16(14)8-12(11)2)19(24)22-15-5-3-13(4-6-15)18-20-10-21-23-18/h3-8,10,17H,9H2,1-2H3,(H,22,24)(H,20,21,23)/t17-/m0/s1. The lowest BCUT2D eigenvalue weighted by atomic mass is 10.0. The number of aromatic amines is 1. The first-order valence-corrected chi connectivity index (χ1v) is 8.13. The fourth-order valence-corrected chi connectivity index (χ4v) is 2.94. The van der Waals surface area contributed by atoms with Crippen molar-refractivity contribution in [1.29, 1.82) is 0 Å². The average molecular weight is 334 g/mol. The van der Waals surface area contributed by atoms with E-state index in [1.807, 2.05) is 37.3 Å². The molecule has 1 aliphatic heterocycles. The van der Waals surface area contributed by atoms with E-state index in [9.17, 15) is 4.79 Å². The highest BCUT2D eigenvalue weighted by Crippen LogP contribution is 2.32. The van der Waals surface area contributed by atoms with Gasteiger partial charge in [0.05, 0.1) is 0 Å². The van der Waals surface area contributed by atoms with Gasteiger partial charge in [-0.15, -0.1) is 0 Å². The predicted molar refractivity (Wildman–Crippen MR) is 94.5 cm³/mol. The zero-order valence-electron chi connectivity index (χ0n) is 14.0. The van der Waals surface area contributed by atoms with E-state index in [0.29, 0.717) is 12.2 Å². The van der Waals surface area contributed by atoms with Crippen molar-refractivity contribution < 1.29 is 9.53 Å². The fraction of sp³-hybridized carbons (Fsp3) is 0.211. The number of fused-ring (bicyclic) bond motifs is 1. The van der Waals surface area contributed by atoms with Crippen LogP contribution in [0, 0.1) is 13.8 Å². The van der Waals surface area contributed by atoms with Crippen molar-refractivity contribution in [2.24, 2.45) is 0 Å². The summed E-state index contributed by atoms with van der Waals surface area (Å²) in [6.07, 6.45) is 1.56. The molecule has 6 heteroatoms. The van der Waals surface area contributed by atoms with Crippen LogP contribution in [0.25, 0.3) is 11.4 Å². The SMILES string of the molecule is Cc1cc2c(cc1C)O[C@H](C(=O)Nc1ccc(-c3ncn[nH]3)cc1)C2. The minimum atomic E-state index is -0.495. The molecule has 126 valence electrons. The van der Waals surface area contributed by atoms with Gasteiger partial charge in [0.2, 0.25) is 0 Å². The summed E-state index contributed by atoms with van der Waals surface area (Å²) in [6, 6.07) is 11.5. The molecule has 1 amide bonds. The van der Waals surface area contributed by atoms with Crippen molar-refractivity contribution in [2.75, 3.05) is 5.32 Å². The Morgan fingerprint density at radius 1 is 1.20 bits per heavy atom. The Kier molecular flexibility index (Phi) is 3.72. The van der Waals surface area contributed by atoms with Crippen LogP contribution in [0.15, 0.2) is 42.7 Å².